The second kappa shape index (κ2) is 2.97. The van der Waals surface area contributed by atoms with Gasteiger partial charge in [-0.3, -0.25) is 0 Å². The molecule has 2 rings (SSSR count). The molecule has 0 aromatic carbocycles. The van der Waals surface area contributed by atoms with Gasteiger partial charge in [0.15, 0.2) is 0 Å². The molecule has 0 aliphatic carbocycles. The molecule has 4 nitrogen and oxygen atoms in total. The number of hydrogen-bond acceptors (Lipinski definition) is 3. The highest BCUT2D eigenvalue weighted by Gasteiger charge is 2.36. The summed E-state index contributed by atoms with van der Waals surface area (Å²) in [5.74, 6) is 0. The van der Waals surface area contributed by atoms with Crippen LogP contribution in [0.1, 0.15) is 12.8 Å². The average Bonchev–Trinajstić information content (AvgIpc) is 2.30. The lowest BCUT2D eigenvalue weighted by Gasteiger charge is -2.31. The minimum absolute atomic E-state index is 0.155. The Hall–Kier alpha value is -0.130. The highest BCUT2D eigenvalue weighted by Crippen LogP contribution is 2.20. The van der Waals surface area contributed by atoms with Crippen molar-refractivity contribution in [2.75, 3.05) is 26.2 Å². The molecule has 70 valence electrons. The van der Waals surface area contributed by atoms with Crippen LogP contribution in [0.2, 0.25) is 0 Å². The predicted molar refractivity (Wildman–Crippen MR) is 46.4 cm³/mol. The van der Waals surface area contributed by atoms with Gasteiger partial charge < -0.3 is 5.32 Å². The summed E-state index contributed by atoms with van der Waals surface area (Å²) in [5, 5.41) is 2.92. The second-order valence-electron chi connectivity index (χ2n) is 3.41. The van der Waals surface area contributed by atoms with Crippen LogP contribution >= 0.6 is 0 Å². The van der Waals surface area contributed by atoms with Crippen LogP contribution in [0.25, 0.3) is 0 Å². The van der Waals surface area contributed by atoms with E-state index in [1.54, 1.807) is 4.31 Å². The fourth-order valence-corrected chi connectivity index (χ4v) is 3.57. The highest BCUT2D eigenvalue weighted by atomic mass is 32.2. The minimum Gasteiger partial charge on any atom is -0.315 e. The third-order valence-corrected chi connectivity index (χ3v) is 4.94. The first-order valence-electron chi connectivity index (χ1n) is 4.41. The van der Waals surface area contributed by atoms with Crippen LogP contribution in [0.5, 0.6) is 0 Å². The highest BCUT2D eigenvalue weighted by molar-refractivity contribution is 7.89. The van der Waals surface area contributed by atoms with E-state index >= 15 is 0 Å². The van der Waals surface area contributed by atoms with Gasteiger partial charge in [0.2, 0.25) is 10.0 Å². The van der Waals surface area contributed by atoms with Gasteiger partial charge in [-0.15, -0.1) is 0 Å². The molecule has 2 heterocycles. The summed E-state index contributed by atoms with van der Waals surface area (Å²) in [7, 11) is -2.93. The van der Waals surface area contributed by atoms with Gasteiger partial charge in [-0.25, -0.2) is 12.7 Å². The molecule has 5 heteroatoms. The van der Waals surface area contributed by atoms with E-state index in [-0.39, 0.29) is 5.25 Å². The van der Waals surface area contributed by atoms with Crippen LogP contribution in [0.15, 0.2) is 0 Å². The van der Waals surface area contributed by atoms with Crippen LogP contribution in [-0.4, -0.2) is 44.2 Å². The molecular weight excluding hydrogens is 176 g/mol. The molecule has 0 aromatic heterocycles. The molecule has 0 amide bonds. The van der Waals surface area contributed by atoms with Crippen molar-refractivity contribution >= 4 is 10.0 Å². The standard InChI is InChI=1S/C7H14N2O2S/c10-12(11,9-4-1-5-9)7-2-3-8-6-7/h7-8H,1-6H2. The topological polar surface area (TPSA) is 49.4 Å². The van der Waals surface area contributed by atoms with Gasteiger partial charge in [0, 0.05) is 19.6 Å². The second-order valence-corrected chi connectivity index (χ2v) is 5.63. The zero-order chi connectivity index (χ0) is 8.60. The Morgan fingerprint density at radius 3 is 2.50 bits per heavy atom. The summed E-state index contributed by atoms with van der Waals surface area (Å²) in [6.07, 6.45) is 1.80. The monoisotopic (exact) mass is 190 g/mol. The molecule has 0 aromatic rings. The molecule has 12 heavy (non-hydrogen) atoms. The Bertz CT molecular complexity index is 253. The Kier molecular flexibility index (Phi) is 2.10. The van der Waals surface area contributed by atoms with Gasteiger partial charge in [0.25, 0.3) is 0 Å². The van der Waals surface area contributed by atoms with Gasteiger partial charge >= 0.3 is 0 Å². The lowest BCUT2D eigenvalue weighted by Crippen LogP contribution is -2.47. The molecule has 2 saturated heterocycles. The third-order valence-electron chi connectivity index (χ3n) is 2.61. The SMILES string of the molecule is O=S(=O)(C1CCNC1)N1CCC1. The summed E-state index contributed by atoms with van der Waals surface area (Å²) < 4.78 is 25.0. The quantitative estimate of drug-likeness (QED) is 0.631. The van der Waals surface area contributed by atoms with E-state index in [9.17, 15) is 8.42 Å². The molecule has 0 bridgehead atoms. The largest absolute Gasteiger partial charge is 0.315 e. The van der Waals surface area contributed by atoms with Gasteiger partial charge in [-0.1, -0.05) is 0 Å². The van der Waals surface area contributed by atoms with E-state index < -0.39 is 10.0 Å². The van der Waals surface area contributed by atoms with E-state index in [4.69, 9.17) is 0 Å². The van der Waals surface area contributed by atoms with Gasteiger partial charge in [-0.05, 0) is 19.4 Å². The Balaban J connectivity index is 2.08. The first-order valence-corrected chi connectivity index (χ1v) is 5.91. The summed E-state index contributed by atoms with van der Waals surface area (Å²) in [6.45, 7) is 2.95. The molecule has 2 aliphatic rings. The Labute approximate surface area is 73.0 Å². The van der Waals surface area contributed by atoms with Crippen molar-refractivity contribution in [1.29, 1.82) is 0 Å². The van der Waals surface area contributed by atoms with Crippen LogP contribution in [0.3, 0.4) is 0 Å². The maximum Gasteiger partial charge on any atom is 0.218 e. The van der Waals surface area contributed by atoms with Crippen LogP contribution < -0.4 is 5.32 Å². The van der Waals surface area contributed by atoms with Gasteiger partial charge in [0.1, 0.15) is 0 Å². The van der Waals surface area contributed by atoms with Crippen molar-refractivity contribution in [2.24, 2.45) is 0 Å². The summed E-state index contributed by atoms with van der Waals surface area (Å²) in [4.78, 5) is 0. The molecule has 0 saturated carbocycles. The summed E-state index contributed by atoms with van der Waals surface area (Å²) in [6, 6.07) is 0. The van der Waals surface area contributed by atoms with E-state index in [0.717, 1.165) is 32.5 Å². The van der Waals surface area contributed by atoms with E-state index in [0.29, 0.717) is 6.54 Å². The zero-order valence-electron chi connectivity index (χ0n) is 6.99. The average molecular weight is 190 g/mol. The van der Waals surface area contributed by atoms with Crippen molar-refractivity contribution in [2.45, 2.75) is 18.1 Å². The normalized spacial score (nSPS) is 31.8. The van der Waals surface area contributed by atoms with Crippen LogP contribution in [-0.2, 0) is 10.0 Å². The van der Waals surface area contributed by atoms with Crippen molar-refractivity contribution < 1.29 is 8.42 Å². The summed E-state index contributed by atoms with van der Waals surface area (Å²) >= 11 is 0. The van der Waals surface area contributed by atoms with Crippen molar-refractivity contribution in [3.63, 3.8) is 0 Å². The Morgan fingerprint density at radius 2 is 2.08 bits per heavy atom. The number of hydrogen-bond donors (Lipinski definition) is 1. The minimum atomic E-state index is -2.93. The number of sulfonamides is 1. The fourth-order valence-electron chi connectivity index (χ4n) is 1.63. The molecule has 1 atom stereocenters. The van der Waals surface area contributed by atoms with Gasteiger partial charge in [0.05, 0.1) is 5.25 Å². The van der Waals surface area contributed by atoms with Gasteiger partial charge in [-0.2, -0.15) is 0 Å². The van der Waals surface area contributed by atoms with Crippen molar-refractivity contribution in [1.82, 2.24) is 9.62 Å². The van der Waals surface area contributed by atoms with Crippen molar-refractivity contribution in [3.8, 4) is 0 Å². The maximum absolute atomic E-state index is 11.7. The molecule has 2 aliphatic heterocycles. The molecular formula is C7H14N2O2S. The molecule has 2 fully saturated rings. The van der Waals surface area contributed by atoms with Crippen molar-refractivity contribution in [3.05, 3.63) is 0 Å². The van der Waals surface area contributed by atoms with E-state index in [1.165, 1.54) is 0 Å². The first-order chi connectivity index (χ1) is 5.71. The summed E-state index contributed by atoms with van der Waals surface area (Å²) in [5.41, 5.74) is 0. The zero-order valence-corrected chi connectivity index (χ0v) is 7.81. The molecule has 1 N–H and O–H groups in total. The molecule has 0 spiro atoms. The van der Waals surface area contributed by atoms with Crippen LogP contribution in [0, 0.1) is 0 Å². The molecule has 1 unspecified atom stereocenters. The number of rotatable bonds is 2. The smallest absolute Gasteiger partial charge is 0.218 e. The predicted octanol–water partition coefficient (Wildman–Crippen LogP) is -0.616. The molecule has 0 radical (unpaired) electrons. The van der Waals surface area contributed by atoms with E-state index in [2.05, 4.69) is 5.32 Å². The Morgan fingerprint density at radius 1 is 1.33 bits per heavy atom. The maximum atomic E-state index is 11.7. The number of nitrogens with one attached hydrogen (secondary N) is 1. The first kappa shape index (κ1) is 8.47. The van der Waals surface area contributed by atoms with Crippen LogP contribution in [0.4, 0.5) is 0 Å². The fraction of sp³-hybridized carbons (Fsp3) is 1.00. The van der Waals surface area contributed by atoms with E-state index in [1.807, 2.05) is 0 Å². The lowest BCUT2D eigenvalue weighted by atomic mass is 10.3. The third kappa shape index (κ3) is 1.26. The lowest BCUT2D eigenvalue weighted by molar-refractivity contribution is 0.305. The number of nitrogens with zero attached hydrogens (tertiary/aromatic N) is 1.